The zero-order valence-electron chi connectivity index (χ0n) is 6.72. The van der Waals surface area contributed by atoms with E-state index in [1.807, 2.05) is 0 Å². The third-order valence-corrected chi connectivity index (χ3v) is 3.35. The quantitative estimate of drug-likeness (QED) is 0.581. The van der Waals surface area contributed by atoms with Crippen molar-refractivity contribution in [3.8, 4) is 0 Å². The van der Waals surface area contributed by atoms with Gasteiger partial charge in [-0.05, 0) is 24.9 Å². The molecule has 2 fully saturated rings. The summed E-state index contributed by atoms with van der Waals surface area (Å²) >= 11 is 2.46. The lowest BCUT2D eigenvalue weighted by molar-refractivity contribution is 0.335. The van der Waals surface area contributed by atoms with E-state index in [1.54, 1.807) is 0 Å². The van der Waals surface area contributed by atoms with Gasteiger partial charge in [-0.15, -0.1) is 0 Å². The van der Waals surface area contributed by atoms with E-state index >= 15 is 0 Å². The second-order valence-corrected chi connectivity index (χ2v) is 4.71. The molecule has 2 aliphatic rings. The molecule has 0 amide bonds. The molecule has 2 nitrogen and oxygen atoms in total. The van der Waals surface area contributed by atoms with Gasteiger partial charge in [0.05, 0.1) is 0 Å². The van der Waals surface area contributed by atoms with Crippen molar-refractivity contribution in [3.05, 3.63) is 0 Å². The summed E-state index contributed by atoms with van der Waals surface area (Å²) in [5, 5.41) is 3.46. The average molecular weight is 266 g/mol. The molecule has 2 aliphatic heterocycles. The Morgan fingerprint density at radius 1 is 1.27 bits per heavy atom. The number of likely N-dealkylation sites (tertiary alicyclic amines) is 1. The van der Waals surface area contributed by atoms with Crippen LogP contribution in [0.4, 0.5) is 0 Å². The molecule has 2 atom stereocenters. The van der Waals surface area contributed by atoms with Crippen LogP contribution in [0.1, 0.15) is 0 Å². The SMILES string of the molecule is ICCN1CC2CNCC2C1. The molecule has 0 saturated carbocycles. The van der Waals surface area contributed by atoms with Crippen molar-refractivity contribution < 1.29 is 0 Å². The molecule has 0 aromatic carbocycles. The van der Waals surface area contributed by atoms with Crippen LogP contribution in [0.3, 0.4) is 0 Å². The highest BCUT2D eigenvalue weighted by Crippen LogP contribution is 2.25. The van der Waals surface area contributed by atoms with Gasteiger partial charge in [-0.2, -0.15) is 0 Å². The monoisotopic (exact) mass is 266 g/mol. The first-order valence-electron chi connectivity index (χ1n) is 4.39. The van der Waals surface area contributed by atoms with Gasteiger partial charge in [-0.25, -0.2) is 0 Å². The van der Waals surface area contributed by atoms with Gasteiger partial charge in [-0.3, -0.25) is 0 Å². The van der Waals surface area contributed by atoms with Crippen LogP contribution in [0.25, 0.3) is 0 Å². The summed E-state index contributed by atoms with van der Waals surface area (Å²) in [6.45, 7) is 6.53. The summed E-state index contributed by atoms with van der Waals surface area (Å²) in [5.41, 5.74) is 0. The van der Waals surface area contributed by atoms with Gasteiger partial charge in [0, 0.05) is 24.1 Å². The molecule has 2 unspecified atom stereocenters. The molecule has 0 radical (unpaired) electrons. The largest absolute Gasteiger partial charge is 0.316 e. The minimum Gasteiger partial charge on any atom is -0.316 e. The van der Waals surface area contributed by atoms with Crippen molar-refractivity contribution in [2.24, 2.45) is 11.8 Å². The Labute approximate surface area is 81.9 Å². The van der Waals surface area contributed by atoms with Crippen molar-refractivity contribution in [1.82, 2.24) is 10.2 Å². The number of fused-ring (bicyclic) bond motifs is 1. The smallest absolute Gasteiger partial charge is 0.0123 e. The predicted molar refractivity (Wildman–Crippen MR) is 55.2 cm³/mol. The van der Waals surface area contributed by atoms with Gasteiger partial charge in [0.2, 0.25) is 0 Å². The molecule has 2 saturated heterocycles. The number of halogens is 1. The summed E-state index contributed by atoms with van der Waals surface area (Å²) < 4.78 is 1.28. The Balaban J connectivity index is 1.84. The Morgan fingerprint density at radius 3 is 2.45 bits per heavy atom. The molecule has 2 rings (SSSR count). The first kappa shape index (κ1) is 8.26. The summed E-state index contributed by atoms with van der Waals surface area (Å²) in [7, 11) is 0. The molecule has 0 aromatic rings. The maximum Gasteiger partial charge on any atom is 0.0123 e. The summed E-state index contributed by atoms with van der Waals surface area (Å²) in [5.74, 6) is 1.94. The van der Waals surface area contributed by atoms with Crippen LogP contribution >= 0.6 is 22.6 Å². The topological polar surface area (TPSA) is 15.3 Å². The minimum absolute atomic E-state index is 0.970. The summed E-state index contributed by atoms with van der Waals surface area (Å²) in [4.78, 5) is 2.61. The highest BCUT2D eigenvalue weighted by atomic mass is 127. The molecule has 1 N–H and O–H groups in total. The molecule has 2 heterocycles. The van der Waals surface area contributed by atoms with E-state index < -0.39 is 0 Å². The fourth-order valence-corrected chi connectivity index (χ4v) is 2.94. The molecular formula is C8H15IN2. The number of nitrogens with zero attached hydrogens (tertiary/aromatic N) is 1. The number of rotatable bonds is 2. The second-order valence-electron chi connectivity index (χ2n) is 3.63. The fraction of sp³-hybridized carbons (Fsp3) is 1.00. The molecule has 0 spiro atoms. The third kappa shape index (κ3) is 1.70. The standard InChI is InChI=1S/C8H15IN2/c9-1-2-11-5-7-3-10-4-8(7)6-11/h7-8,10H,1-6H2. The maximum atomic E-state index is 3.46. The van der Waals surface area contributed by atoms with Crippen molar-refractivity contribution in [2.45, 2.75) is 0 Å². The van der Waals surface area contributed by atoms with E-state index in [1.165, 1.54) is 37.2 Å². The fourth-order valence-electron chi connectivity index (χ4n) is 2.25. The van der Waals surface area contributed by atoms with Crippen LogP contribution < -0.4 is 5.32 Å². The first-order chi connectivity index (χ1) is 5.40. The van der Waals surface area contributed by atoms with Crippen LogP contribution in [0.2, 0.25) is 0 Å². The number of hydrogen-bond acceptors (Lipinski definition) is 2. The number of nitrogens with one attached hydrogen (secondary N) is 1. The van der Waals surface area contributed by atoms with Gasteiger partial charge in [0.1, 0.15) is 0 Å². The van der Waals surface area contributed by atoms with Gasteiger partial charge in [0.15, 0.2) is 0 Å². The zero-order chi connectivity index (χ0) is 7.68. The molecular weight excluding hydrogens is 251 g/mol. The van der Waals surface area contributed by atoms with Crippen LogP contribution in [-0.4, -0.2) is 42.1 Å². The van der Waals surface area contributed by atoms with Gasteiger partial charge < -0.3 is 10.2 Å². The first-order valence-corrected chi connectivity index (χ1v) is 5.91. The van der Waals surface area contributed by atoms with Crippen molar-refractivity contribution in [1.29, 1.82) is 0 Å². The van der Waals surface area contributed by atoms with E-state index in [9.17, 15) is 0 Å². The Hall–Kier alpha value is 0.650. The molecule has 11 heavy (non-hydrogen) atoms. The minimum atomic E-state index is 0.970. The Morgan fingerprint density at radius 2 is 1.91 bits per heavy atom. The van der Waals surface area contributed by atoms with E-state index in [-0.39, 0.29) is 0 Å². The predicted octanol–water partition coefficient (Wildman–Crippen LogP) is 0.573. The normalized spacial score (nSPS) is 37.9. The van der Waals surface area contributed by atoms with Crippen LogP contribution in [0, 0.1) is 11.8 Å². The lowest BCUT2D eigenvalue weighted by Gasteiger charge is -2.14. The molecule has 0 aromatic heterocycles. The van der Waals surface area contributed by atoms with E-state index in [0.29, 0.717) is 0 Å². The van der Waals surface area contributed by atoms with Crippen molar-refractivity contribution >= 4 is 22.6 Å². The van der Waals surface area contributed by atoms with Gasteiger partial charge >= 0.3 is 0 Å². The van der Waals surface area contributed by atoms with Crippen LogP contribution in [0.15, 0.2) is 0 Å². The molecule has 0 bridgehead atoms. The van der Waals surface area contributed by atoms with Crippen LogP contribution in [-0.2, 0) is 0 Å². The molecule has 0 aliphatic carbocycles. The van der Waals surface area contributed by atoms with Crippen molar-refractivity contribution in [2.75, 3.05) is 37.2 Å². The highest BCUT2D eigenvalue weighted by Gasteiger charge is 2.35. The Bertz CT molecular complexity index is 128. The second kappa shape index (κ2) is 3.58. The lowest BCUT2D eigenvalue weighted by Crippen LogP contribution is -2.27. The van der Waals surface area contributed by atoms with Crippen LogP contribution in [0.5, 0.6) is 0 Å². The third-order valence-electron chi connectivity index (χ3n) is 2.87. The zero-order valence-corrected chi connectivity index (χ0v) is 8.88. The van der Waals surface area contributed by atoms with Gasteiger partial charge in [-0.1, -0.05) is 22.6 Å². The van der Waals surface area contributed by atoms with E-state index in [2.05, 4.69) is 32.8 Å². The summed E-state index contributed by atoms with van der Waals surface area (Å²) in [6, 6.07) is 0. The Kier molecular flexibility index (Phi) is 2.69. The number of hydrogen-bond donors (Lipinski definition) is 1. The van der Waals surface area contributed by atoms with E-state index in [4.69, 9.17) is 0 Å². The molecule has 64 valence electrons. The summed E-state index contributed by atoms with van der Waals surface area (Å²) in [6.07, 6.45) is 0. The average Bonchev–Trinajstić information content (AvgIpc) is 2.46. The van der Waals surface area contributed by atoms with Crippen molar-refractivity contribution in [3.63, 3.8) is 0 Å². The number of alkyl halides is 1. The lowest BCUT2D eigenvalue weighted by atomic mass is 10.0. The maximum absolute atomic E-state index is 3.46. The molecule has 3 heteroatoms. The van der Waals surface area contributed by atoms with E-state index in [0.717, 1.165) is 11.8 Å². The highest BCUT2D eigenvalue weighted by molar-refractivity contribution is 14.1. The van der Waals surface area contributed by atoms with Gasteiger partial charge in [0.25, 0.3) is 0 Å².